The molecule has 0 saturated carbocycles. The average Bonchev–Trinajstić information content (AvgIpc) is 2.84. The van der Waals surface area contributed by atoms with E-state index in [0.717, 1.165) is 33.9 Å². The molecule has 0 atom stereocenters. The maximum absolute atomic E-state index is 13.8. The van der Waals surface area contributed by atoms with Crippen LogP contribution < -0.4 is 10.3 Å². The lowest BCUT2D eigenvalue weighted by molar-refractivity contribution is -0.137. The molecule has 3 aromatic carbocycles. The standard InChI is InChI=1S/C30H25F3N2O2/c1-18-8-9-23(20(3)14-18)17-35-27(15-26(30(31,32)33)25(16-34)29(35)36)22-10-12-24(13-11-22)37-28-7-5-6-19(2)21(28)4/h5-15H,17H2,1-4H3. The number of benzene rings is 3. The minimum Gasteiger partial charge on any atom is -0.457 e. The Labute approximate surface area is 213 Å². The van der Waals surface area contributed by atoms with E-state index in [1.807, 2.05) is 64.1 Å². The second-order valence-electron chi connectivity index (χ2n) is 9.07. The second-order valence-corrected chi connectivity index (χ2v) is 9.07. The van der Waals surface area contributed by atoms with E-state index >= 15 is 0 Å². The van der Waals surface area contributed by atoms with Gasteiger partial charge in [-0.05, 0) is 91.9 Å². The van der Waals surface area contributed by atoms with E-state index in [-0.39, 0.29) is 12.2 Å². The minimum atomic E-state index is -4.86. The van der Waals surface area contributed by atoms with Crippen LogP contribution in [0.3, 0.4) is 0 Å². The first-order chi connectivity index (χ1) is 17.5. The number of pyridine rings is 1. The van der Waals surface area contributed by atoms with Gasteiger partial charge in [0.15, 0.2) is 0 Å². The second kappa shape index (κ2) is 9.98. The number of nitriles is 1. The fraction of sp³-hybridized carbons (Fsp3) is 0.200. The molecular formula is C30H25F3N2O2. The molecule has 0 unspecified atom stereocenters. The predicted octanol–water partition coefficient (Wildman–Crippen LogP) is 7.48. The van der Waals surface area contributed by atoms with Gasteiger partial charge in [0.05, 0.1) is 17.8 Å². The largest absolute Gasteiger partial charge is 0.457 e. The van der Waals surface area contributed by atoms with Gasteiger partial charge in [0.2, 0.25) is 0 Å². The van der Waals surface area contributed by atoms with Gasteiger partial charge >= 0.3 is 6.18 Å². The van der Waals surface area contributed by atoms with Crippen molar-refractivity contribution in [2.24, 2.45) is 0 Å². The normalized spacial score (nSPS) is 11.3. The Morgan fingerprint density at radius 1 is 0.919 bits per heavy atom. The molecule has 0 amide bonds. The van der Waals surface area contributed by atoms with Crippen LogP contribution in [-0.2, 0) is 12.7 Å². The molecule has 37 heavy (non-hydrogen) atoms. The van der Waals surface area contributed by atoms with Gasteiger partial charge in [-0.15, -0.1) is 0 Å². The highest BCUT2D eigenvalue weighted by Gasteiger charge is 2.36. The van der Waals surface area contributed by atoms with E-state index in [1.165, 1.54) is 10.6 Å². The van der Waals surface area contributed by atoms with Gasteiger partial charge in [0.1, 0.15) is 23.1 Å². The number of aromatic nitrogens is 1. The van der Waals surface area contributed by atoms with Crippen LogP contribution in [0.4, 0.5) is 13.2 Å². The first kappa shape index (κ1) is 25.8. The average molecular weight is 503 g/mol. The summed E-state index contributed by atoms with van der Waals surface area (Å²) < 4.78 is 48.7. The molecule has 0 aliphatic carbocycles. The van der Waals surface area contributed by atoms with Crippen molar-refractivity contribution in [1.29, 1.82) is 5.26 Å². The van der Waals surface area contributed by atoms with Gasteiger partial charge in [0, 0.05) is 0 Å². The lowest BCUT2D eigenvalue weighted by Crippen LogP contribution is -2.29. The highest BCUT2D eigenvalue weighted by molar-refractivity contribution is 5.64. The Kier molecular flexibility index (Phi) is 6.95. The SMILES string of the molecule is Cc1ccc(Cn2c(-c3ccc(Oc4cccc(C)c4C)cc3)cc(C(F)(F)F)c(C#N)c2=O)c(C)c1. The van der Waals surface area contributed by atoms with Gasteiger partial charge in [0.25, 0.3) is 5.56 Å². The Bertz CT molecular complexity index is 1580. The molecule has 0 fully saturated rings. The Morgan fingerprint density at radius 2 is 1.62 bits per heavy atom. The Hall–Kier alpha value is -4.31. The van der Waals surface area contributed by atoms with Crippen molar-refractivity contribution in [2.75, 3.05) is 0 Å². The number of hydrogen-bond acceptors (Lipinski definition) is 3. The number of aryl methyl sites for hydroxylation is 3. The van der Waals surface area contributed by atoms with Crippen LogP contribution in [0.15, 0.2) is 71.5 Å². The summed E-state index contributed by atoms with van der Waals surface area (Å²) in [5.41, 5.74) is 2.05. The molecule has 0 spiro atoms. The summed E-state index contributed by atoms with van der Waals surface area (Å²) in [6.45, 7) is 7.75. The van der Waals surface area contributed by atoms with Crippen molar-refractivity contribution in [3.8, 4) is 28.8 Å². The van der Waals surface area contributed by atoms with Crippen LogP contribution in [0.25, 0.3) is 11.3 Å². The number of alkyl halides is 3. The zero-order valence-electron chi connectivity index (χ0n) is 20.9. The molecule has 0 aliphatic rings. The smallest absolute Gasteiger partial charge is 0.417 e. The first-order valence-electron chi connectivity index (χ1n) is 11.7. The van der Waals surface area contributed by atoms with Crippen LogP contribution in [0.2, 0.25) is 0 Å². The van der Waals surface area contributed by atoms with E-state index in [1.54, 1.807) is 24.3 Å². The van der Waals surface area contributed by atoms with Gasteiger partial charge < -0.3 is 9.30 Å². The Balaban J connectivity index is 1.84. The summed E-state index contributed by atoms with van der Waals surface area (Å²) in [4.78, 5) is 13.2. The number of hydrogen-bond donors (Lipinski definition) is 0. The summed E-state index contributed by atoms with van der Waals surface area (Å²) >= 11 is 0. The monoisotopic (exact) mass is 502 g/mol. The van der Waals surface area contributed by atoms with Crippen molar-refractivity contribution in [3.05, 3.63) is 116 Å². The third kappa shape index (κ3) is 5.29. The first-order valence-corrected chi connectivity index (χ1v) is 11.7. The van der Waals surface area contributed by atoms with Gasteiger partial charge in [-0.2, -0.15) is 18.4 Å². The van der Waals surface area contributed by atoms with E-state index in [9.17, 15) is 23.2 Å². The summed E-state index contributed by atoms with van der Waals surface area (Å²) in [5.74, 6) is 1.18. The van der Waals surface area contributed by atoms with Crippen LogP contribution in [-0.4, -0.2) is 4.57 Å². The van der Waals surface area contributed by atoms with Crippen LogP contribution in [0.1, 0.15) is 38.9 Å². The maximum atomic E-state index is 13.8. The molecule has 188 valence electrons. The molecule has 4 aromatic rings. The molecule has 1 aromatic heterocycles. The molecular weight excluding hydrogens is 477 g/mol. The van der Waals surface area contributed by atoms with E-state index in [4.69, 9.17) is 4.74 Å². The summed E-state index contributed by atoms with van der Waals surface area (Å²) in [6.07, 6.45) is -4.86. The third-order valence-electron chi connectivity index (χ3n) is 6.48. The molecule has 0 N–H and O–H groups in total. The zero-order valence-corrected chi connectivity index (χ0v) is 20.9. The van der Waals surface area contributed by atoms with Crippen molar-refractivity contribution in [1.82, 2.24) is 4.57 Å². The predicted molar refractivity (Wildman–Crippen MR) is 137 cm³/mol. The summed E-state index contributed by atoms with van der Waals surface area (Å²) in [5, 5.41) is 9.44. The summed E-state index contributed by atoms with van der Waals surface area (Å²) in [6, 6.07) is 20.2. The van der Waals surface area contributed by atoms with E-state index in [2.05, 4.69) is 0 Å². The molecule has 4 nitrogen and oxygen atoms in total. The third-order valence-corrected chi connectivity index (χ3v) is 6.48. The number of halogens is 3. The minimum absolute atomic E-state index is 0.0217. The highest BCUT2D eigenvalue weighted by atomic mass is 19.4. The highest BCUT2D eigenvalue weighted by Crippen LogP contribution is 2.35. The number of rotatable bonds is 5. The topological polar surface area (TPSA) is 55.0 Å². The lowest BCUT2D eigenvalue weighted by Gasteiger charge is -2.19. The van der Waals surface area contributed by atoms with E-state index in [0.29, 0.717) is 17.1 Å². The molecule has 4 rings (SSSR count). The lowest BCUT2D eigenvalue weighted by atomic mass is 10.0. The fourth-order valence-corrected chi connectivity index (χ4v) is 4.22. The van der Waals surface area contributed by atoms with Crippen molar-refractivity contribution < 1.29 is 17.9 Å². The molecule has 1 heterocycles. The summed E-state index contributed by atoms with van der Waals surface area (Å²) in [7, 11) is 0. The van der Waals surface area contributed by atoms with Crippen molar-refractivity contribution >= 4 is 0 Å². The van der Waals surface area contributed by atoms with Crippen LogP contribution >= 0.6 is 0 Å². The van der Waals surface area contributed by atoms with Crippen LogP contribution in [0.5, 0.6) is 11.5 Å². The zero-order chi connectivity index (χ0) is 26.9. The van der Waals surface area contributed by atoms with Gasteiger partial charge in [-0.3, -0.25) is 4.79 Å². The van der Waals surface area contributed by atoms with Crippen molar-refractivity contribution in [2.45, 2.75) is 40.4 Å². The van der Waals surface area contributed by atoms with Crippen LogP contribution in [0, 0.1) is 39.0 Å². The van der Waals surface area contributed by atoms with Gasteiger partial charge in [-0.1, -0.05) is 35.9 Å². The van der Waals surface area contributed by atoms with Gasteiger partial charge in [-0.25, -0.2) is 0 Å². The number of nitrogens with zero attached hydrogens (tertiary/aromatic N) is 2. The molecule has 7 heteroatoms. The molecule has 0 bridgehead atoms. The molecule has 0 saturated heterocycles. The fourth-order valence-electron chi connectivity index (χ4n) is 4.22. The Morgan fingerprint density at radius 3 is 2.24 bits per heavy atom. The molecule has 0 aliphatic heterocycles. The quantitative estimate of drug-likeness (QED) is 0.284. The number of ether oxygens (including phenoxy) is 1. The van der Waals surface area contributed by atoms with Crippen molar-refractivity contribution in [3.63, 3.8) is 0 Å². The maximum Gasteiger partial charge on any atom is 0.417 e. The van der Waals surface area contributed by atoms with E-state index < -0.39 is 22.9 Å². The molecule has 0 radical (unpaired) electrons.